The smallest absolute Gasteiger partial charge is 0.266 e. The molecule has 0 radical (unpaired) electrons. The number of benzene rings is 3. The van der Waals surface area contributed by atoms with Gasteiger partial charge >= 0.3 is 0 Å². The number of carbonyl (C=O) groups excluding carboxylic acids is 2. The van der Waals surface area contributed by atoms with Gasteiger partial charge in [-0.25, -0.2) is 4.99 Å². The number of hydrogen-bond acceptors (Lipinski definition) is 6. The van der Waals surface area contributed by atoms with E-state index in [0.717, 1.165) is 25.8 Å². The lowest BCUT2D eigenvalue weighted by Crippen LogP contribution is -2.40. The molecule has 2 aliphatic heterocycles. The highest BCUT2D eigenvalue weighted by atomic mass is 79.9. The second kappa shape index (κ2) is 12.5. The highest BCUT2D eigenvalue weighted by Gasteiger charge is 2.30. The fraction of sp³-hybridized carbons (Fsp3) is 0.207. The van der Waals surface area contributed by atoms with Crippen molar-refractivity contribution in [2.75, 3.05) is 33.4 Å². The van der Waals surface area contributed by atoms with E-state index in [1.807, 2.05) is 60.7 Å². The van der Waals surface area contributed by atoms with Crippen LogP contribution in [0.2, 0.25) is 0 Å². The van der Waals surface area contributed by atoms with Crippen LogP contribution in [0, 0.1) is 0 Å². The molecule has 39 heavy (non-hydrogen) atoms. The first-order chi connectivity index (χ1) is 18.9. The predicted molar refractivity (Wildman–Crippen MR) is 161 cm³/mol. The summed E-state index contributed by atoms with van der Waals surface area (Å²) < 4.78 is 13.1. The van der Waals surface area contributed by atoms with Gasteiger partial charge in [-0.1, -0.05) is 40.2 Å². The van der Waals surface area contributed by atoms with Crippen molar-refractivity contribution in [3.8, 4) is 5.75 Å². The number of amides is 2. The Labute approximate surface area is 248 Å². The first kappa shape index (κ1) is 27.6. The number of carbonyl (C=O) groups is 2. The molecule has 2 fully saturated rings. The number of likely N-dealkylation sites (N-methyl/N-ethyl adjacent to an activating group) is 1. The zero-order valence-corrected chi connectivity index (χ0v) is 25.1. The molecule has 2 heterocycles. The summed E-state index contributed by atoms with van der Waals surface area (Å²) in [5.41, 5.74) is 3.11. The predicted octanol–water partition coefficient (Wildman–Crippen LogP) is 6.50. The Bertz CT molecular complexity index is 1450. The van der Waals surface area contributed by atoms with E-state index in [0.29, 0.717) is 54.2 Å². The molecule has 0 aromatic heterocycles. The third-order valence-electron chi connectivity index (χ3n) is 6.18. The summed E-state index contributed by atoms with van der Waals surface area (Å²) in [4.78, 5) is 34.4. The van der Waals surface area contributed by atoms with E-state index in [2.05, 4.69) is 36.9 Å². The van der Waals surface area contributed by atoms with E-state index in [1.54, 1.807) is 24.1 Å². The molecule has 2 aliphatic rings. The van der Waals surface area contributed by atoms with Gasteiger partial charge in [0.05, 0.1) is 28.3 Å². The number of thioether (sulfide) groups is 1. The van der Waals surface area contributed by atoms with Crippen molar-refractivity contribution < 1.29 is 19.1 Å². The molecule has 0 saturated carbocycles. The SMILES string of the molecule is CN1C(=O)/C(=C\c2ccc(OCc3ccc(Br)cc3)c(Br)c2)SC1=Nc1cccc(C(=O)N2CCOCC2)c1. The summed E-state index contributed by atoms with van der Waals surface area (Å²) in [6.45, 7) is 2.69. The molecule has 0 bridgehead atoms. The van der Waals surface area contributed by atoms with Crippen molar-refractivity contribution in [1.82, 2.24) is 9.80 Å². The molecule has 2 saturated heterocycles. The summed E-state index contributed by atoms with van der Waals surface area (Å²) in [6, 6.07) is 20.9. The van der Waals surface area contributed by atoms with Crippen molar-refractivity contribution in [2.24, 2.45) is 4.99 Å². The average Bonchev–Trinajstić information content (AvgIpc) is 3.21. The van der Waals surface area contributed by atoms with Crippen molar-refractivity contribution >= 4 is 72.4 Å². The van der Waals surface area contributed by atoms with Gasteiger partial charge in [0.25, 0.3) is 11.8 Å². The van der Waals surface area contributed by atoms with Crippen LogP contribution < -0.4 is 4.74 Å². The average molecular weight is 671 g/mol. The number of amidine groups is 1. The molecule has 3 aromatic rings. The standard InChI is InChI=1S/C29H25Br2N3O4S/c1-33-28(36)26(16-20-7-10-25(24(31)15-20)38-18-19-5-8-22(30)9-6-19)39-29(33)32-23-4-2-3-21(17-23)27(35)34-11-13-37-14-12-34/h2-10,15-17H,11-14,18H2,1H3/b26-16+,32-29?. The molecular weight excluding hydrogens is 646 g/mol. The molecular formula is C29H25Br2N3O4S. The molecule has 3 aromatic carbocycles. The number of rotatable bonds is 6. The molecule has 0 spiro atoms. The number of halogens is 2. The molecule has 0 atom stereocenters. The van der Waals surface area contributed by atoms with E-state index in [9.17, 15) is 9.59 Å². The zero-order chi connectivity index (χ0) is 27.4. The van der Waals surface area contributed by atoms with Gasteiger partial charge < -0.3 is 14.4 Å². The number of morpholine rings is 1. The summed E-state index contributed by atoms with van der Waals surface area (Å²) in [5.74, 6) is 0.543. The number of nitrogens with zero attached hydrogens (tertiary/aromatic N) is 3. The van der Waals surface area contributed by atoms with E-state index < -0.39 is 0 Å². The van der Waals surface area contributed by atoms with Gasteiger partial charge in [0.15, 0.2) is 5.17 Å². The maximum absolute atomic E-state index is 13.0. The molecule has 2 amide bonds. The van der Waals surface area contributed by atoms with Crippen LogP contribution >= 0.6 is 43.6 Å². The fourth-order valence-electron chi connectivity index (χ4n) is 4.04. The zero-order valence-electron chi connectivity index (χ0n) is 21.1. The molecule has 200 valence electrons. The van der Waals surface area contributed by atoms with Crippen LogP contribution in [-0.4, -0.2) is 60.1 Å². The van der Waals surface area contributed by atoms with Crippen molar-refractivity contribution in [1.29, 1.82) is 0 Å². The topological polar surface area (TPSA) is 71.4 Å². The van der Waals surface area contributed by atoms with Gasteiger partial charge in [-0.05, 0) is 87.4 Å². The van der Waals surface area contributed by atoms with Gasteiger partial charge in [0.1, 0.15) is 12.4 Å². The number of hydrogen-bond donors (Lipinski definition) is 0. The Morgan fingerprint density at radius 1 is 1.08 bits per heavy atom. The molecule has 10 heteroatoms. The van der Waals surface area contributed by atoms with Crippen LogP contribution in [0.4, 0.5) is 5.69 Å². The first-order valence-electron chi connectivity index (χ1n) is 12.3. The van der Waals surface area contributed by atoms with Crippen LogP contribution in [0.5, 0.6) is 5.75 Å². The minimum atomic E-state index is -0.133. The molecule has 0 aliphatic carbocycles. The minimum absolute atomic E-state index is 0.0423. The minimum Gasteiger partial charge on any atom is -0.488 e. The molecule has 5 rings (SSSR count). The van der Waals surface area contributed by atoms with Gasteiger partial charge in [-0.3, -0.25) is 14.5 Å². The monoisotopic (exact) mass is 669 g/mol. The van der Waals surface area contributed by atoms with Crippen LogP contribution in [0.3, 0.4) is 0 Å². The van der Waals surface area contributed by atoms with E-state index in [-0.39, 0.29) is 11.8 Å². The molecule has 0 N–H and O–H groups in total. The Kier molecular flexibility index (Phi) is 8.86. The van der Waals surface area contributed by atoms with Crippen molar-refractivity contribution in [2.45, 2.75) is 6.61 Å². The van der Waals surface area contributed by atoms with Crippen LogP contribution in [0.1, 0.15) is 21.5 Å². The van der Waals surface area contributed by atoms with Crippen LogP contribution in [0.25, 0.3) is 6.08 Å². The van der Waals surface area contributed by atoms with Crippen LogP contribution in [0.15, 0.2) is 85.6 Å². The quantitative estimate of drug-likeness (QED) is 0.280. The number of ether oxygens (including phenoxy) is 2. The number of aliphatic imine (C=N–C) groups is 1. The lowest BCUT2D eigenvalue weighted by Gasteiger charge is -2.26. The van der Waals surface area contributed by atoms with E-state index in [1.165, 1.54) is 16.7 Å². The molecule has 0 unspecified atom stereocenters. The summed E-state index contributed by atoms with van der Waals surface area (Å²) in [6.07, 6.45) is 1.84. The van der Waals surface area contributed by atoms with Gasteiger partial charge in [-0.2, -0.15) is 0 Å². The Balaban J connectivity index is 1.28. The second-order valence-electron chi connectivity index (χ2n) is 8.93. The summed E-state index contributed by atoms with van der Waals surface area (Å²) in [7, 11) is 1.70. The highest BCUT2D eigenvalue weighted by molar-refractivity contribution is 9.10. The Morgan fingerprint density at radius 2 is 1.85 bits per heavy atom. The first-order valence-corrected chi connectivity index (χ1v) is 14.7. The summed E-state index contributed by atoms with van der Waals surface area (Å²) in [5, 5.41) is 0.552. The largest absolute Gasteiger partial charge is 0.488 e. The summed E-state index contributed by atoms with van der Waals surface area (Å²) >= 11 is 8.33. The van der Waals surface area contributed by atoms with E-state index >= 15 is 0 Å². The Hall–Kier alpha value is -2.92. The lowest BCUT2D eigenvalue weighted by molar-refractivity contribution is -0.121. The normalized spacial score (nSPS) is 17.8. The maximum atomic E-state index is 13.0. The Morgan fingerprint density at radius 3 is 2.59 bits per heavy atom. The second-order valence-corrected chi connectivity index (χ2v) is 11.7. The van der Waals surface area contributed by atoms with Crippen LogP contribution in [-0.2, 0) is 16.1 Å². The molecule has 7 nitrogen and oxygen atoms in total. The maximum Gasteiger partial charge on any atom is 0.266 e. The van der Waals surface area contributed by atoms with Gasteiger partial charge in [0.2, 0.25) is 0 Å². The van der Waals surface area contributed by atoms with Gasteiger partial charge in [-0.15, -0.1) is 0 Å². The fourth-order valence-corrected chi connectivity index (χ4v) is 5.80. The lowest BCUT2D eigenvalue weighted by atomic mass is 10.1. The third-order valence-corrected chi connectivity index (χ3v) is 8.39. The third kappa shape index (κ3) is 6.81. The highest BCUT2D eigenvalue weighted by Crippen LogP contribution is 2.35. The van der Waals surface area contributed by atoms with Crippen molar-refractivity contribution in [3.63, 3.8) is 0 Å². The van der Waals surface area contributed by atoms with E-state index in [4.69, 9.17) is 9.47 Å². The van der Waals surface area contributed by atoms with Gasteiger partial charge in [0, 0.05) is 30.2 Å². The van der Waals surface area contributed by atoms with Crippen molar-refractivity contribution in [3.05, 3.63) is 97.3 Å².